The molecule has 6 heteroatoms. The smallest absolute Gasteiger partial charge is 0.263 e. The van der Waals surface area contributed by atoms with Gasteiger partial charge in [-0.15, -0.1) is 0 Å². The minimum atomic E-state index is -0.139. The van der Waals surface area contributed by atoms with Gasteiger partial charge in [0.1, 0.15) is 12.4 Å². The van der Waals surface area contributed by atoms with Crippen molar-refractivity contribution < 1.29 is 14.3 Å². The second-order valence-corrected chi connectivity index (χ2v) is 8.58. The number of carbonyl (C=O) groups is 1. The highest BCUT2D eigenvalue weighted by atomic mass is 16.5. The third-order valence-corrected chi connectivity index (χ3v) is 6.62. The number of hydrogen-bond acceptors (Lipinski definition) is 5. The molecule has 0 spiro atoms. The van der Waals surface area contributed by atoms with Crippen LogP contribution in [0.1, 0.15) is 15.9 Å². The van der Waals surface area contributed by atoms with E-state index in [1.54, 1.807) is 10.6 Å². The first-order valence-electron chi connectivity index (χ1n) is 11.6. The number of ketones is 1. The molecule has 2 heterocycles. The Morgan fingerprint density at radius 1 is 0.794 bits per heavy atom. The molecule has 0 saturated carbocycles. The van der Waals surface area contributed by atoms with Crippen LogP contribution in [0.25, 0.3) is 27.7 Å². The largest absolute Gasteiger partial charge is 0.492 e. The van der Waals surface area contributed by atoms with E-state index in [2.05, 4.69) is 4.90 Å². The van der Waals surface area contributed by atoms with Crippen LogP contribution >= 0.6 is 0 Å². The van der Waals surface area contributed by atoms with E-state index in [0.717, 1.165) is 44.2 Å². The Balaban J connectivity index is 1.38. The zero-order valence-electron chi connectivity index (χ0n) is 18.7. The van der Waals surface area contributed by atoms with Crippen molar-refractivity contribution in [2.24, 2.45) is 0 Å². The van der Waals surface area contributed by atoms with Crippen LogP contribution in [0, 0.1) is 0 Å². The average Bonchev–Trinajstić information content (AvgIpc) is 3.18. The number of rotatable bonds is 5. The third-order valence-electron chi connectivity index (χ3n) is 6.62. The monoisotopic (exact) mass is 452 g/mol. The number of hydrogen-bond donors (Lipinski definition) is 0. The van der Waals surface area contributed by atoms with Crippen molar-refractivity contribution in [3.8, 4) is 22.7 Å². The van der Waals surface area contributed by atoms with Gasteiger partial charge in [0.05, 0.1) is 24.5 Å². The summed E-state index contributed by atoms with van der Waals surface area (Å²) in [6, 6.07) is 22.4. The summed E-state index contributed by atoms with van der Waals surface area (Å²) in [6.45, 7) is 4.83. The lowest BCUT2D eigenvalue weighted by molar-refractivity contribution is 0.0322. The SMILES string of the molecule is O=C1c2ccccc2-c2c1c1ccccc1c(=O)n2-c1ccc(OCCN2CCOCC2)cc1. The van der Waals surface area contributed by atoms with Crippen LogP contribution in [-0.2, 0) is 4.74 Å². The van der Waals surface area contributed by atoms with Crippen molar-refractivity contribution in [2.75, 3.05) is 39.5 Å². The highest BCUT2D eigenvalue weighted by molar-refractivity contribution is 6.26. The Hall–Kier alpha value is -3.74. The molecule has 6 nitrogen and oxygen atoms in total. The van der Waals surface area contributed by atoms with E-state index >= 15 is 0 Å². The van der Waals surface area contributed by atoms with E-state index in [1.807, 2.05) is 66.7 Å². The summed E-state index contributed by atoms with van der Waals surface area (Å²) in [6.07, 6.45) is 0. The van der Waals surface area contributed by atoms with Crippen LogP contribution in [0.2, 0.25) is 0 Å². The Morgan fingerprint density at radius 3 is 2.24 bits per heavy atom. The van der Waals surface area contributed by atoms with Gasteiger partial charge in [0.15, 0.2) is 5.78 Å². The molecule has 34 heavy (non-hydrogen) atoms. The van der Waals surface area contributed by atoms with Gasteiger partial charge in [-0.3, -0.25) is 19.1 Å². The molecule has 3 aromatic carbocycles. The van der Waals surface area contributed by atoms with Crippen LogP contribution < -0.4 is 10.3 Å². The van der Waals surface area contributed by atoms with E-state index in [-0.39, 0.29) is 11.3 Å². The molecule has 1 fully saturated rings. The van der Waals surface area contributed by atoms with E-state index in [0.29, 0.717) is 39.9 Å². The van der Waals surface area contributed by atoms with E-state index < -0.39 is 0 Å². The third kappa shape index (κ3) is 3.43. The second-order valence-electron chi connectivity index (χ2n) is 8.58. The van der Waals surface area contributed by atoms with Crippen molar-refractivity contribution >= 4 is 16.6 Å². The molecule has 1 aliphatic carbocycles. The number of ether oxygens (including phenoxy) is 2. The summed E-state index contributed by atoms with van der Waals surface area (Å²) in [5.41, 5.74) is 3.23. The number of fused-ring (bicyclic) bond motifs is 5. The van der Waals surface area contributed by atoms with Gasteiger partial charge < -0.3 is 9.47 Å². The van der Waals surface area contributed by atoms with Gasteiger partial charge in [-0.25, -0.2) is 0 Å². The van der Waals surface area contributed by atoms with E-state index in [9.17, 15) is 9.59 Å². The van der Waals surface area contributed by atoms with Gasteiger partial charge in [0.2, 0.25) is 0 Å². The molecule has 0 unspecified atom stereocenters. The normalized spacial score (nSPS) is 15.4. The minimum absolute atomic E-state index is 0.0429. The predicted octanol–water partition coefficient (Wildman–Crippen LogP) is 3.91. The lowest BCUT2D eigenvalue weighted by Crippen LogP contribution is -2.38. The van der Waals surface area contributed by atoms with E-state index in [4.69, 9.17) is 9.47 Å². The molecule has 1 aromatic heterocycles. The van der Waals surface area contributed by atoms with Crippen molar-refractivity contribution in [1.82, 2.24) is 9.47 Å². The molecule has 0 amide bonds. The fourth-order valence-electron chi connectivity index (χ4n) is 4.91. The Labute approximate surface area is 197 Å². The predicted molar refractivity (Wildman–Crippen MR) is 131 cm³/mol. The highest BCUT2D eigenvalue weighted by Gasteiger charge is 2.32. The minimum Gasteiger partial charge on any atom is -0.492 e. The summed E-state index contributed by atoms with van der Waals surface area (Å²) in [5, 5.41) is 1.23. The van der Waals surface area contributed by atoms with Crippen LogP contribution in [-0.4, -0.2) is 54.7 Å². The molecular weight excluding hydrogens is 428 g/mol. The molecule has 0 N–H and O–H groups in total. The number of aromatic nitrogens is 1. The van der Waals surface area contributed by atoms with Crippen LogP contribution in [0.3, 0.4) is 0 Å². The lowest BCUT2D eigenvalue weighted by atomic mass is 10.0. The summed E-state index contributed by atoms with van der Waals surface area (Å²) in [4.78, 5) is 29.3. The van der Waals surface area contributed by atoms with Crippen molar-refractivity contribution in [3.63, 3.8) is 0 Å². The van der Waals surface area contributed by atoms with Crippen LogP contribution in [0.15, 0.2) is 77.6 Å². The molecule has 0 radical (unpaired) electrons. The molecule has 6 rings (SSSR count). The maximum Gasteiger partial charge on any atom is 0.263 e. The zero-order valence-corrected chi connectivity index (χ0v) is 18.7. The number of morpholine rings is 1. The van der Waals surface area contributed by atoms with Gasteiger partial charge in [0, 0.05) is 47.2 Å². The summed E-state index contributed by atoms with van der Waals surface area (Å²) in [7, 11) is 0. The number of benzene rings is 3. The van der Waals surface area contributed by atoms with Gasteiger partial charge in [-0.05, 0) is 30.3 Å². The number of nitrogens with zero attached hydrogens (tertiary/aromatic N) is 2. The van der Waals surface area contributed by atoms with Crippen molar-refractivity contribution in [3.05, 3.63) is 94.3 Å². The fraction of sp³-hybridized carbons (Fsp3) is 0.214. The quantitative estimate of drug-likeness (QED) is 0.405. The first-order chi connectivity index (χ1) is 16.7. The highest BCUT2D eigenvalue weighted by Crippen LogP contribution is 2.40. The van der Waals surface area contributed by atoms with Gasteiger partial charge in [-0.2, -0.15) is 0 Å². The molecule has 0 bridgehead atoms. The van der Waals surface area contributed by atoms with Crippen molar-refractivity contribution in [2.45, 2.75) is 0 Å². The van der Waals surface area contributed by atoms with Gasteiger partial charge in [-0.1, -0.05) is 42.5 Å². The Kier molecular flexibility index (Phi) is 5.24. The van der Waals surface area contributed by atoms with Crippen LogP contribution in [0.4, 0.5) is 0 Å². The van der Waals surface area contributed by atoms with Gasteiger partial charge in [0.25, 0.3) is 5.56 Å². The topological polar surface area (TPSA) is 60.8 Å². The zero-order chi connectivity index (χ0) is 23.1. The Bertz CT molecular complexity index is 1450. The van der Waals surface area contributed by atoms with E-state index in [1.165, 1.54) is 0 Å². The van der Waals surface area contributed by atoms with Crippen molar-refractivity contribution in [1.29, 1.82) is 0 Å². The fourth-order valence-corrected chi connectivity index (χ4v) is 4.91. The maximum absolute atomic E-state index is 13.6. The summed E-state index contributed by atoms with van der Waals surface area (Å²) < 4.78 is 13.0. The summed E-state index contributed by atoms with van der Waals surface area (Å²) >= 11 is 0. The van der Waals surface area contributed by atoms with Gasteiger partial charge >= 0.3 is 0 Å². The average molecular weight is 453 g/mol. The molecular formula is C28H24N2O4. The number of pyridine rings is 1. The lowest BCUT2D eigenvalue weighted by Gasteiger charge is -2.26. The molecule has 2 aliphatic rings. The molecule has 1 saturated heterocycles. The molecule has 4 aromatic rings. The molecule has 1 aliphatic heterocycles. The molecule has 0 atom stereocenters. The molecule has 170 valence electrons. The summed E-state index contributed by atoms with van der Waals surface area (Å²) in [5.74, 6) is 0.706. The van der Waals surface area contributed by atoms with Crippen LogP contribution in [0.5, 0.6) is 5.75 Å². The first kappa shape index (κ1) is 20.8. The first-order valence-corrected chi connectivity index (χ1v) is 11.6. The standard InChI is InChI=1S/C28H24N2O4/c31-27-23-7-3-2-6-22(23)26-25(27)21-5-1-4-8-24(21)28(32)30(26)19-9-11-20(12-10-19)34-18-15-29-13-16-33-17-14-29/h1-12H,13-18H2. The number of carbonyl (C=O) groups excluding carboxylic acids is 1. The Morgan fingerprint density at radius 2 is 1.47 bits per heavy atom. The second kappa shape index (κ2) is 8.56. The maximum atomic E-state index is 13.6.